The number of rotatable bonds is 7. The highest BCUT2D eigenvalue weighted by Gasteiger charge is 2.48. The molecule has 1 aliphatic heterocycles. The van der Waals surface area contributed by atoms with E-state index in [1.807, 2.05) is 27.7 Å². The van der Waals surface area contributed by atoms with Gasteiger partial charge >= 0.3 is 12.1 Å². The van der Waals surface area contributed by atoms with Gasteiger partial charge in [0.1, 0.15) is 5.60 Å². The molecule has 1 heterocycles. The molecule has 0 aromatic rings. The average Bonchev–Trinajstić information content (AvgIpc) is 2.58. The summed E-state index contributed by atoms with van der Waals surface area (Å²) in [6.07, 6.45) is 2.91. The third-order valence-electron chi connectivity index (χ3n) is 5.20. The molecule has 1 rings (SSSR count). The van der Waals surface area contributed by atoms with E-state index >= 15 is 0 Å². The highest BCUT2D eigenvalue weighted by molar-refractivity contribution is 7.99. The molecular formula is C20H38N2O4S. The summed E-state index contributed by atoms with van der Waals surface area (Å²) < 4.78 is 11.0. The third-order valence-corrected chi connectivity index (χ3v) is 6.45. The molecule has 27 heavy (non-hydrogen) atoms. The molecule has 158 valence electrons. The minimum Gasteiger partial charge on any atom is -0.466 e. The van der Waals surface area contributed by atoms with Crippen LogP contribution in [-0.4, -0.2) is 65.8 Å². The van der Waals surface area contributed by atoms with E-state index in [4.69, 9.17) is 9.47 Å². The van der Waals surface area contributed by atoms with Crippen LogP contribution in [0.25, 0.3) is 0 Å². The van der Waals surface area contributed by atoms with Crippen LogP contribution in [0.5, 0.6) is 0 Å². The Hall–Kier alpha value is -0.950. The first-order chi connectivity index (χ1) is 12.4. The zero-order valence-corrected chi connectivity index (χ0v) is 19.1. The molecule has 0 aromatic heterocycles. The number of ether oxygens (including phenoxy) is 2. The number of esters is 1. The Bertz CT molecular complexity index is 509. The lowest BCUT2D eigenvalue weighted by Crippen LogP contribution is -2.57. The van der Waals surface area contributed by atoms with E-state index in [0.717, 1.165) is 6.54 Å². The Labute approximate surface area is 169 Å². The number of amides is 1. The van der Waals surface area contributed by atoms with Gasteiger partial charge in [-0.25, -0.2) is 4.79 Å². The predicted molar refractivity (Wildman–Crippen MR) is 111 cm³/mol. The monoisotopic (exact) mass is 402 g/mol. The SMILES string of the molecule is CCOC(=O)C1(C(C)NCC(C)(C)SC)CCN(C(=O)OC(C)(C)C)CC1. The molecule has 0 radical (unpaired) electrons. The molecule has 1 amide bonds. The van der Waals surface area contributed by atoms with Gasteiger partial charge in [0, 0.05) is 30.4 Å². The number of carbonyl (C=O) groups is 2. The summed E-state index contributed by atoms with van der Waals surface area (Å²) in [6.45, 7) is 16.0. The van der Waals surface area contributed by atoms with Crippen LogP contribution in [0.15, 0.2) is 0 Å². The zero-order valence-electron chi connectivity index (χ0n) is 18.3. The van der Waals surface area contributed by atoms with E-state index in [1.165, 1.54) is 0 Å². The van der Waals surface area contributed by atoms with Gasteiger partial charge in [-0.2, -0.15) is 11.8 Å². The zero-order chi connectivity index (χ0) is 20.9. The first-order valence-electron chi connectivity index (χ1n) is 9.80. The second kappa shape index (κ2) is 9.50. The minimum absolute atomic E-state index is 0.0382. The average molecular weight is 403 g/mol. The Morgan fingerprint density at radius 1 is 1.19 bits per heavy atom. The Kier molecular flexibility index (Phi) is 8.48. The van der Waals surface area contributed by atoms with E-state index in [1.54, 1.807) is 16.7 Å². The molecule has 1 N–H and O–H groups in total. The Morgan fingerprint density at radius 2 is 1.74 bits per heavy atom. The van der Waals surface area contributed by atoms with Gasteiger partial charge in [-0.3, -0.25) is 4.79 Å². The van der Waals surface area contributed by atoms with E-state index in [2.05, 4.69) is 32.3 Å². The van der Waals surface area contributed by atoms with Gasteiger partial charge in [-0.05, 0) is 67.6 Å². The standard InChI is InChI=1S/C20H38N2O4S/c1-9-25-16(23)20(15(2)21-14-19(6,7)27-8)10-12-22(13-11-20)17(24)26-18(3,4)5/h15,21H,9-14H2,1-8H3. The summed E-state index contributed by atoms with van der Waals surface area (Å²) in [4.78, 5) is 26.9. The smallest absolute Gasteiger partial charge is 0.410 e. The molecule has 1 aliphatic rings. The van der Waals surface area contributed by atoms with Crippen molar-refractivity contribution in [1.82, 2.24) is 10.2 Å². The normalized spacial score (nSPS) is 18.7. The second-order valence-electron chi connectivity index (χ2n) is 8.91. The van der Waals surface area contributed by atoms with Gasteiger partial charge in [-0.1, -0.05) is 0 Å². The number of nitrogens with one attached hydrogen (secondary N) is 1. The summed E-state index contributed by atoms with van der Waals surface area (Å²) in [7, 11) is 0. The van der Waals surface area contributed by atoms with E-state index in [0.29, 0.717) is 32.5 Å². The fourth-order valence-electron chi connectivity index (χ4n) is 3.17. The number of nitrogens with zero attached hydrogens (tertiary/aromatic N) is 1. The number of likely N-dealkylation sites (tertiary alicyclic amines) is 1. The van der Waals surface area contributed by atoms with E-state index in [-0.39, 0.29) is 22.9 Å². The van der Waals surface area contributed by atoms with Crippen molar-refractivity contribution in [1.29, 1.82) is 0 Å². The number of hydrogen-bond donors (Lipinski definition) is 1. The van der Waals surface area contributed by atoms with Crippen molar-refractivity contribution in [2.24, 2.45) is 5.41 Å². The molecule has 0 aromatic carbocycles. The van der Waals surface area contributed by atoms with Crippen molar-refractivity contribution in [2.75, 3.05) is 32.5 Å². The van der Waals surface area contributed by atoms with Crippen molar-refractivity contribution < 1.29 is 19.1 Å². The summed E-state index contributed by atoms with van der Waals surface area (Å²) in [5.74, 6) is -0.171. The molecule has 0 bridgehead atoms. The molecule has 6 nitrogen and oxygen atoms in total. The Morgan fingerprint density at radius 3 is 2.19 bits per heavy atom. The quantitative estimate of drug-likeness (QED) is 0.655. The molecule has 1 unspecified atom stereocenters. The highest BCUT2D eigenvalue weighted by Crippen LogP contribution is 2.37. The van der Waals surface area contributed by atoms with E-state index < -0.39 is 11.0 Å². The van der Waals surface area contributed by atoms with Crippen molar-refractivity contribution in [3.05, 3.63) is 0 Å². The maximum Gasteiger partial charge on any atom is 0.410 e. The van der Waals surface area contributed by atoms with Crippen molar-refractivity contribution in [2.45, 2.75) is 77.7 Å². The maximum absolute atomic E-state index is 12.9. The van der Waals surface area contributed by atoms with Crippen LogP contribution in [0.2, 0.25) is 0 Å². The van der Waals surface area contributed by atoms with Crippen molar-refractivity contribution in [3.8, 4) is 0 Å². The first-order valence-corrected chi connectivity index (χ1v) is 11.0. The number of carbonyl (C=O) groups excluding carboxylic acids is 2. The van der Waals surface area contributed by atoms with Gasteiger partial charge in [0.15, 0.2) is 0 Å². The lowest BCUT2D eigenvalue weighted by atomic mass is 9.72. The van der Waals surface area contributed by atoms with Crippen LogP contribution >= 0.6 is 11.8 Å². The number of piperidine rings is 1. The van der Waals surface area contributed by atoms with Crippen LogP contribution in [0.3, 0.4) is 0 Å². The van der Waals surface area contributed by atoms with Gasteiger partial charge in [0.2, 0.25) is 0 Å². The van der Waals surface area contributed by atoms with Gasteiger partial charge in [0.25, 0.3) is 0 Å². The molecule has 7 heteroatoms. The van der Waals surface area contributed by atoms with Gasteiger partial charge < -0.3 is 19.7 Å². The summed E-state index contributed by atoms with van der Waals surface area (Å²) in [6, 6.07) is -0.0382. The first kappa shape index (κ1) is 24.1. The minimum atomic E-state index is -0.622. The number of hydrogen-bond acceptors (Lipinski definition) is 6. The lowest BCUT2D eigenvalue weighted by Gasteiger charge is -2.44. The second-order valence-corrected chi connectivity index (χ2v) is 10.4. The van der Waals surface area contributed by atoms with Gasteiger partial charge in [-0.15, -0.1) is 0 Å². The Balaban J connectivity index is 2.85. The summed E-state index contributed by atoms with van der Waals surface area (Å²) >= 11 is 1.79. The predicted octanol–water partition coefficient (Wildman–Crippen LogP) is 3.69. The van der Waals surface area contributed by atoms with Crippen LogP contribution in [-0.2, 0) is 14.3 Å². The van der Waals surface area contributed by atoms with Crippen LogP contribution in [0.1, 0.15) is 61.3 Å². The molecule has 1 fully saturated rings. The summed E-state index contributed by atoms with van der Waals surface area (Å²) in [5, 5.41) is 3.55. The molecule has 1 saturated heterocycles. The topological polar surface area (TPSA) is 67.9 Å². The van der Waals surface area contributed by atoms with E-state index in [9.17, 15) is 9.59 Å². The summed E-state index contributed by atoms with van der Waals surface area (Å²) in [5.41, 5.74) is -1.14. The van der Waals surface area contributed by atoms with Gasteiger partial charge in [0.05, 0.1) is 12.0 Å². The lowest BCUT2D eigenvalue weighted by molar-refractivity contribution is -0.160. The van der Waals surface area contributed by atoms with Crippen molar-refractivity contribution >= 4 is 23.8 Å². The van der Waals surface area contributed by atoms with Crippen LogP contribution < -0.4 is 5.32 Å². The largest absolute Gasteiger partial charge is 0.466 e. The third kappa shape index (κ3) is 6.86. The molecule has 1 atom stereocenters. The van der Waals surface area contributed by atoms with Crippen molar-refractivity contribution in [3.63, 3.8) is 0 Å². The fraction of sp³-hybridized carbons (Fsp3) is 0.900. The molecule has 0 saturated carbocycles. The maximum atomic E-state index is 12.9. The fourth-order valence-corrected chi connectivity index (χ4v) is 3.40. The van der Waals surface area contributed by atoms with Crippen LogP contribution in [0, 0.1) is 5.41 Å². The molecule has 0 spiro atoms. The highest BCUT2D eigenvalue weighted by atomic mass is 32.2. The molecular weight excluding hydrogens is 364 g/mol. The molecule has 0 aliphatic carbocycles. The van der Waals surface area contributed by atoms with Crippen LogP contribution in [0.4, 0.5) is 4.79 Å². The number of thioether (sulfide) groups is 1.